The topological polar surface area (TPSA) is 64.0 Å². The molecule has 0 aliphatic carbocycles. The van der Waals surface area contributed by atoms with E-state index in [1.165, 1.54) is 22.8 Å². The van der Waals surface area contributed by atoms with Crippen LogP contribution < -0.4 is 10.9 Å². The minimum atomic E-state index is -0.411. The molecule has 3 rings (SSSR count). The number of carbonyl (C=O) groups is 1. The van der Waals surface area contributed by atoms with E-state index >= 15 is 0 Å². The molecule has 0 saturated carbocycles. The molecule has 6 heteroatoms. The molecule has 1 aromatic heterocycles. The molecule has 0 atom stereocenters. The summed E-state index contributed by atoms with van der Waals surface area (Å²) >= 11 is 0. The Morgan fingerprint density at radius 1 is 1.21 bits per heavy atom. The Balaban J connectivity index is 1.75. The SMILES string of the molecule is Cn1c(CCC(=O)Nc2cccc(F)c2)nc2ccccc2c1=O. The molecule has 2 aromatic carbocycles. The normalized spacial score (nSPS) is 10.8. The molecule has 5 nitrogen and oxygen atoms in total. The third-order valence-corrected chi connectivity index (χ3v) is 3.76. The molecule has 122 valence electrons. The number of halogens is 1. The number of nitrogens with zero attached hydrogens (tertiary/aromatic N) is 2. The second kappa shape index (κ2) is 6.62. The lowest BCUT2D eigenvalue weighted by Crippen LogP contribution is -2.23. The molecule has 0 aliphatic rings. The number of aromatic nitrogens is 2. The van der Waals surface area contributed by atoms with Crippen molar-refractivity contribution in [2.24, 2.45) is 7.05 Å². The molecule has 1 heterocycles. The zero-order valence-electron chi connectivity index (χ0n) is 13.1. The third-order valence-electron chi connectivity index (χ3n) is 3.76. The second-order valence-corrected chi connectivity index (χ2v) is 5.47. The lowest BCUT2D eigenvalue weighted by molar-refractivity contribution is -0.116. The summed E-state index contributed by atoms with van der Waals surface area (Å²) in [6, 6.07) is 12.8. The van der Waals surface area contributed by atoms with E-state index in [1.54, 1.807) is 31.3 Å². The van der Waals surface area contributed by atoms with E-state index in [1.807, 2.05) is 6.07 Å². The van der Waals surface area contributed by atoms with Crippen LogP contribution in [0.5, 0.6) is 0 Å². The fourth-order valence-corrected chi connectivity index (χ4v) is 2.50. The first-order chi connectivity index (χ1) is 11.5. The predicted molar refractivity (Wildman–Crippen MR) is 90.3 cm³/mol. The van der Waals surface area contributed by atoms with E-state index in [0.717, 1.165) is 0 Å². The highest BCUT2D eigenvalue weighted by atomic mass is 19.1. The van der Waals surface area contributed by atoms with Gasteiger partial charge in [-0.15, -0.1) is 0 Å². The largest absolute Gasteiger partial charge is 0.326 e. The molecule has 1 N–H and O–H groups in total. The van der Waals surface area contributed by atoms with Crippen molar-refractivity contribution < 1.29 is 9.18 Å². The maximum Gasteiger partial charge on any atom is 0.261 e. The number of anilines is 1. The molecule has 24 heavy (non-hydrogen) atoms. The summed E-state index contributed by atoms with van der Waals surface area (Å²) in [4.78, 5) is 28.8. The number of para-hydroxylation sites is 1. The summed E-state index contributed by atoms with van der Waals surface area (Å²) in [6.07, 6.45) is 0.465. The molecular weight excluding hydrogens is 309 g/mol. The molecule has 1 amide bonds. The van der Waals surface area contributed by atoms with Gasteiger partial charge in [0.25, 0.3) is 5.56 Å². The average molecular weight is 325 g/mol. The van der Waals surface area contributed by atoms with Crippen LogP contribution in [0.1, 0.15) is 12.2 Å². The summed E-state index contributed by atoms with van der Waals surface area (Å²) in [6.45, 7) is 0. The van der Waals surface area contributed by atoms with Crippen molar-refractivity contribution in [2.45, 2.75) is 12.8 Å². The number of hydrogen-bond donors (Lipinski definition) is 1. The summed E-state index contributed by atoms with van der Waals surface area (Å²) in [5, 5.41) is 3.18. The number of amides is 1. The van der Waals surface area contributed by atoms with Crippen LogP contribution in [-0.2, 0) is 18.3 Å². The Morgan fingerprint density at radius 2 is 2.00 bits per heavy atom. The Morgan fingerprint density at radius 3 is 2.79 bits per heavy atom. The number of hydrogen-bond acceptors (Lipinski definition) is 3. The maximum absolute atomic E-state index is 13.1. The van der Waals surface area contributed by atoms with Crippen LogP contribution in [0, 0.1) is 5.82 Å². The maximum atomic E-state index is 13.1. The average Bonchev–Trinajstić information content (AvgIpc) is 2.57. The summed E-state index contributed by atoms with van der Waals surface area (Å²) < 4.78 is 14.6. The number of fused-ring (bicyclic) bond motifs is 1. The monoisotopic (exact) mass is 325 g/mol. The second-order valence-electron chi connectivity index (χ2n) is 5.47. The summed E-state index contributed by atoms with van der Waals surface area (Å²) in [5.41, 5.74) is 0.877. The van der Waals surface area contributed by atoms with Gasteiger partial charge in [0, 0.05) is 25.6 Å². The fourth-order valence-electron chi connectivity index (χ4n) is 2.50. The number of carbonyl (C=O) groups excluding carboxylic acids is 1. The van der Waals surface area contributed by atoms with E-state index in [0.29, 0.717) is 28.8 Å². The van der Waals surface area contributed by atoms with Gasteiger partial charge in [0.05, 0.1) is 10.9 Å². The molecule has 0 fully saturated rings. The van der Waals surface area contributed by atoms with Gasteiger partial charge in [-0.3, -0.25) is 14.2 Å². The van der Waals surface area contributed by atoms with Crippen molar-refractivity contribution in [3.63, 3.8) is 0 Å². The van der Waals surface area contributed by atoms with Gasteiger partial charge in [-0.2, -0.15) is 0 Å². The van der Waals surface area contributed by atoms with Crippen LogP contribution in [-0.4, -0.2) is 15.5 Å². The zero-order chi connectivity index (χ0) is 17.1. The molecule has 0 unspecified atom stereocenters. The van der Waals surface area contributed by atoms with Gasteiger partial charge in [0.2, 0.25) is 5.91 Å². The molecular formula is C18H16FN3O2. The molecule has 0 aliphatic heterocycles. The van der Waals surface area contributed by atoms with Crippen LogP contribution in [0.4, 0.5) is 10.1 Å². The van der Waals surface area contributed by atoms with Crippen LogP contribution >= 0.6 is 0 Å². The van der Waals surface area contributed by atoms with Crippen molar-refractivity contribution >= 4 is 22.5 Å². The van der Waals surface area contributed by atoms with E-state index in [4.69, 9.17) is 0 Å². The van der Waals surface area contributed by atoms with Crippen molar-refractivity contribution in [1.29, 1.82) is 0 Å². The number of aryl methyl sites for hydroxylation is 1. The smallest absolute Gasteiger partial charge is 0.261 e. The highest BCUT2D eigenvalue weighted by Crippen LogP contribution is 2.11. The molecule has 3 aromatic rings. The van der Waals surface area contributed by atoms with Gasteiger partial charge in [-0.25, -0.2) is 9.37 Å². The number of rotatable bonds is 4. The Labute approximate surface area is 137 Å². The van der Waals surface area contributed by atoms with E-state index in [9.17, 15) is 14.0 Å². The Bertz CT molecular complexity index is 966. The third kappa shape index (κ3) is 3.32. The predicted octanol–water partition coefficient (Wildman–Crippen LogP) is 2.64. The lowest BCUT2D eigenvalue weighted by Gasteiger charge is -2.09. The molecule has 0 bridgehead atoms. The minimum Gasteiger partial charge on any atom is -0.326 e. The van der Waals surface area contributed by atoms with Crippen molar-refractivity contribution in [2.75, 3.05) is 5.32 Å². The van der Waals surface area contributed by atoms with Gasteiger partial charge < -0.3 is 5.32 Å². The van der Waals surface area contributed by atoms with Gasteiger partial charge in [-0.1, -0.05) is 18.2 Å². The van der Waals surface area contributed by atoms with Gasteiger partial charge in [0.15, 0.2) is 0 Å². The standard InChI is InChI=1S/C18H16FN3O2/c1-22-16(21-15-8-3-2-7-14(15)18(22)24)9-10-17(23)20-13-6-4-5-12(19)11-13/h2-8,11H,9-10H2,1H3,(H,20,23). The molecule has 0 saturated heterocycles. The minimum absolute atomic E-state index is 0.138. The summed E-state index contributed by atoms with van der Waals surface area (Å²) in [5.74, 6) is -0.137. The van der Waals surface area contributed by atoms with Crippen molar-refractivity contribution in [3.8, 4) is 0 Å². The Hall–Kier alpha value is -3.02. The number of benzene rings is 2. The lowest BCUT2D eigenvalue weighted by atomic mass is 10.2. The molecule has 0 radical (unpaired) electrons. The van der Waals surface area contributed by atoms with Crippen LogP contribution in [0.15, 0.2) is 53.3 Å². The van der Waals surface area contributed by atoms with Crippen molar-refractivity contribution in [3.05, 3.63) is 70.5 Å². The first-order valence-corrected chi connectivity index (χ1v) is 7.54. The molecule has 0 spiro atoms. The number of nitrogens with one attached hydrogen (secondary N) is 1. The Kier molecular flexibility index (Phi) is 4.37. The fraction of sp³-hybridized carbons (Fsp3) is 0.167. The van der Waals surface area contributed by atoms with Crippen LogP contribution in [0.2, 0.25) is 0 Å². The van der Waals surface area contributed by atoms with Crippen LogP contribution in [0.3, 0.4) is 0 Å². The van der Waals surface area contributed by atoms with Gasteiger partial charge in [0.1, 0.15) is 11.6 Å². The first kappa shape index (κ1) is 15.9. The zero-order valence-corrected chi connectivity index (χ0v) is 13.1. The first-order valence-electron chi connectivity index (χ1n) is 7.54. The summed E-state index contributed by atoms with van der Waals surface area (Å²) in [7, 11) is 1.64. The van der Waals surface area contributed by atoms with Gasteiger partial charge >= 0.3 is 0 Å². The highest BCUT2D eigenvalue weighted by Gasteiger charge is 2.10. The van der Waals surface area contributed by atoms with E-state index < -0.39 is 5.82 Å². The van der Waals surface area contributed by atoms with Crippen molar-refractivity contribution in [1.82, 2.24) is 9.55 Å². The van der Waals surface area contributed by atoms with E-state index in [2.05, 4.69) is 10.3 Å². The van der Waals surface area contributed by atoms with E-state index in [-0.39, 0.29) is 17.9 Å². The van der Waals surface area contributed by atoms with Crippen LogP contribution in [0.25, 0.3) is 10.9 Å². The highest BCUT2D eigenvalue weighted by molar-refractivity contribution is 5.90. The van der Waals surface area contributed by atoms with Gasteiger partial charge in [-0.05, 0) is 30.3 Å². The quantitative estimate of drug-likeness (QED) is 0.802.